The average molecular weight is 685 g/mol. The van der Waals surface area contributed by atoms with Gasteiger partial charge in [0.2, 0.25) is 0 Å². The van der Waals surface area contributed by atoms with E-state index in [4.69, 9.17) is 0 Å². The molecule has 0 aliphatic carbocycles. The van der Waals surface area contributed by atoms with Gasteiger partial charge in [0.15, 0.2) is 0 Å². The normalized spacial score (nSPS) is 12.1. The number of para-hydroxylation sites is 2. The van der Waals surface area contributed by atoms with Gasteiger partial charge in [-0.1, -0.05) is 133 Å². The number of aromatic nitrogens is 2. The maximum absolute atomic E-state index is 2.46. The molecule has 0 saturated carbocycles. The van der Waals surface area contributed by atoms with Crippen LogP contribution in [0.25, 0.3) is 110 Å². The molecule has 0 unspecified atom stereocenters. The van der Waals surface area contributed by atoms with Crippen LogP contribution in [0.1, 0.15) is 0 Å². The molecule has 0 amide bonds. The Kier molecular flexibility index (Phi) is 6.09. The van der Waals surface area contributed by atoms with Crippen LogP contribution in [-0.4, -0.2) is 9.13 Å². The first kappa shape index (κ1) is 29.4. The molecule has 0 radical (unpaired) electrons. The third-order valence-corrected chi connectivity index (χ3v) is 11.6. The van der Waals surface area contributed by atoms with Gasteiger partial charge in [0.05, 0.1) is 22.1 Å². The van der Waals surface area contributed by atoms with Crippen LogP contribution in [0.4, 0.5) is 0 Å². The molecule has 54 heavy (non-hydrogen) atoms. The molecule has 0 N–H and O–H groups in total. The van der Waals surface area contributed by atoms with Crippen LogP contribution < -0.4 is 0 Å². The van der Waals surface area contributed by atoms with Crippen molar-refractivity contribution in [2.24, 2.45) is 0 Å². The van der Waals surface area contributed by atoms with E-state index in [-0.39, 0.29) is 0 Å². The lowest BCUT2D eigenvalue weighted by Gasteiger charge is -2.16. The van der Waals surface area contributed by atoms with Crippen LogP contribution in [0.5, 0.6) is 0 Å². The molecule has 0 bridgehead atoms. The van der Waals surface area contributed by atoms with Gasteiger partial charge in [-0.15, -0.1) is 0 Å². The summed E-state index contributed by atoms with van der Waals surface area (Å²) in [6, 6.07) is 71.4. The smallest absolute Gasteiger partial charge is 0.0547 e. The minimum absolute atomic E-state index is 1.17. The molecule has 2 nitrogen and oxygen atoms in total. The molecule has 0 aliphatic heterocycles. The monoisotopic (exact) mass is 684 g/mol. The quantitative estimate of drug-likeness (QED) is 0.163. The molecule has 12 rings (SSSR count). The predicted molar refractivity (Wildman–Crippen MR) is 230 cm³/mol. The zero-order chi connectivity index (χ0) is 35.3. The number of nitrogens with zero attached hydrogens (tertiary/aromatic N) is 2. The summed E-state index contributed by atoms with van der Waals surface area (Å²) >= 11 is 0. The number of fused-ring (bicyclic) bond motifs is 8. The summed E-state index contributed by atoms with van der Waals surface area (Å²) in [6.45, 7) is 0. The third kappa shape index (κ3) is 4.05. The highest BCUT2D eigenvalue weighted by molar-refractivity contribution is 6.40. The Morgan fingerprint density at radius 1 is 0.259 bits per heavy atom. The average Bonchev–Trinajstić information content (AvgIpc) is 3.77. The largest absolute Gasteiger partial charge is 0.309 e. The van der Waals surface area contributed by atoms with Crippen LogP contribution in [0.3, 0.4) is 0 Å². The summed E-state index contributed by atoms with van der Waals surface area (Å²) in [5.74, 6) is 0. The summed E-state index contributed by atoms with van der Waals surface area (Å²) in [6.07, 6.45) is 0. The molecule has 2 heteroatoms. The van der Waals surface area contributed by atoms with E-state index < -0.39 is 0 Å². The van der Waals surface area contributed by atoms with Crippen molar-refractivity contribution in [3.63, 3.8) is 0 Å². The van der Waals surface area contributed by atoms with Crippen molar-refractivity contribution in [3.05, 3.63) is 194 Å². The Bertz CT molecular complexity index is 3400. The van der Waals surface area contributed by atoms with Gasteiger partial charge in [-0.05, 0) is 115 Å². The van der Waals surface area contributed by atoms with Crippen LogP contribution >= 0.6 is 0 Å². The minimum Gasteiger partial charge on any atom is -0.309 e. The van der Waals surface area contributed by atoms with Gasteiger partial charge in [-0.25, -0.2) is 0 Å². The Morgan fingerprint density at radius 3 is 1.54 bits per heavy atom. The predicted octanol–water partition coefficient (Wildman–Crippen LogP) is 14.1. The van der Waals surface area contributed by atoms with Gasteiger partial charge in [0.25, 0.3) is 0 Å². The molecule has 0 atom stereocenters. The van der Waals surface area contributed by atoms with Gasteiger partial charge in [-0.2, -0.15) is 0 Å². The lowest BCUT2D eigenvalue weighted by Crippen LogP contribution is -1.93. The maximum Gasteiger partial charge on any atom is 0.0547 e. The number of benzene rings is 10. The standard InChI is InChI=1S/C52H32N2/c1-3-13-33(14-4-1)34-25-28-38(29-26-34)54-47-23-11-20-41-49-39-18-8-7-15-35(39)31-43(50(49)42-21-12-24-48(54)52(42)51(41)47)36-27-30-46-44(32-36)40-19-9-10-22-45(40)53(46)37-16-5-2-6-17-37/h1-32H. The van der Waals surface area contributed by atoms with E-state index in [1.165, 1.54) is 110 Å². The molecule has 0 fully saturated rings. The van der Waals surface area contributed by atoms with Gasteiger partial charge in [0.1, 0.15) is 0 Å². The van der Waals surface area contributed by atoms with E-state index in [0.29, 0.717) is 0 Å². The summed E-state index contributed by atoms with van der Waals surface area (Å²) in [7, 11) is 0. The van der Waals surface area contributed by atoms with Crippen molar-refractivity contribution in [2.75, 3.05) is 0 Å². The molecule has 0 saturated heterocycles. The first-order valence-electron chi connectivity index (χ1n) is 18.7. The lowest BCUT2D eigenvalue weighted by atomic mass is 9.86. The fourth-order valence-electron chi connectivity index (χ4n) is 9.37. The second-order valence-corrected chi connectivity index (χ2v) is 14.5. The van der Waals surface area contributed by atoms with Gasteiger partial charge in [0, 0.05) is 32.9 Å². The lowest BCUT2D eigenvalue weighted by molar-refractivity contribution is 1.18. The van der Waals surface area contributed by atoms with E-state index >= 15 is 0 Å². The molecule has 12 aromatic rings. The molecule has 0 spiro atoms. The minimum atomic E-state index is 1.17. The highest BCUT2D eigenvalue weighted by Gasteiger charge is 2.23. The van der Waals surface area contributed by atoms with E-state index in [1.807, 2.05) is 0 Å². The molecule has 10 aromatic carbocycles. The summed E-state index contributed by atoms with van der Waals surface area (Å²) in [4.78, 5) is 0. The zero-order valence-corrected chi connectivity index (χ0v) is 29.4. The highest BCUT2D eigenvalue weighted by atomic mass is 15.0. The van der Waals surface area contributed by atoms with Crippen molar-refractivity contribution in [1.29, 1.82) is 0 Å². The number of hydrogen-bond acceptors (Lipinski definition) is 0. The van der Waals surface area contributed by atoms with E-state index in [9.17, 15) is 0 Å². The van der Waals surface area contributed by atoms with Gasteiger partial charge in [-0.3, -0.25) is 0 Å². The number of rotatable bonds is 4. The van der Waals surface area contributed by atoms with Crippen LogP contribution in [0.15, 0.2) is 194 Å². The summed E-state index contributed by atoms with van der Waals surface area (Å²) < 4.78 is 4.86. The summed E-state index contributed by atoms with van der Waals surface area (Å²) in [5.41, 5.74) is 12.2. The zero-order valence-electron chi connectivity index (χ0n) is 29.4. The van der Waals surface area contributed by atoms with E-state index in [0.717, 1.165) is 0 Å². The fraction of sp³-hybridized carbons (Fsp3) is 0. The summed E-state index contributed by atoms with van der Waals surface area (Å²) in [5, 5.41) is 12.9. The highest BCUT2D eigenvalue weighted by Crippen LogP contribution is 2.49. The Labute approximate surface area is 311 Å². The third-order valence-electron chi connectivity index (χ3n) is 11.6. The molecule has 250 valence electrons. The topological polar surface area (TPSA) is 9.86 Å². The second-order valence-electron chi connectivity index (χ2n) is 14.5. The van der Waals surface area contributed by atoms with Crippen molar-refractivity contribution >= 4 is 75.9 Å². The SMILES string of the molecule is c1ccc(-c2ccc(-n3c4cccc5c6c(-c7ccc8c(c7)c7ccccc7n8-c7ccccc7)cc7ccccc7c6c6cccc3c6c54)cc2)cc1. The number of hydrogen-bond donors (Lipinski definition) is 0. The van der Waals surface area contributed by atoms with Crippen LogP contribution in [0, 0.1) is 0 Å². The Hall–Kier alpha value is -7.16. The Balaban J connectivity index is 1.18. The van der Waals surface area contributed by atoms with Crippen molar-refractivity contribution in [2.45, 2.75) is 0 Å². The van der Waals surface area contributed by atoms with E-state index in [2.05, 4.69) is 203 Å². The molecular formula is C52H32N2. The fourth-order valence-corrected chi connectivity index (χ4v) is 9.37. The van der Waals surface area contributed by atoms with E-state index in [1.54, 1.807) is 0 Å². The molecule has 0 aliphatic rings. The van der Waals surface area contributed by atoms with Crippen molar-refractivity contribution in [3.8, 4) is 33.6 Å². The first-order chi connectivity index (χ1) is 26.8. The second kappa shape index (κ2) is 11.2. The molecular weight excluding hydrogens is 653 g/mol. The molecule has 2 heterocycles. The molecule has 2 aromatic heterocycles. The van der Waals surface area contributed by atoms with Gasteiger partial charge < -0.3 is 9.13 Å². The van der Waals surface area contributed by atoms with Crippen LogP contribution in [-0.2, 0) is 0 Å². The Morgan fingerprint density at radius 2 is 0.778 bits per heavy atom. The van der Waals surface area contributed by atoms with Crippen molar-refractivity contribution in [1.82, 2.24) is 9.13 Å². The maximum atomic E-state index is 2.46. The first-order valence-corrected chi connectivity index (χ1v) is 18.7. The van der Waals surface area contributed by atoms with Crippen LogP contribution in [0.2, 0.25) is 0 Å². The van der Waals surface area contributed by atoms with Gasteiger partial charge >= 0.3 is 0 Å². The van der Waals surface area contributed by atoms with Crippen molar-refractivity contribution < 1.29 is 0 Å².